The van der Waals surface area contributed by atoms with Gasteiger partial charge in [-0.25, -0.2) is 8.42 Å². The van der Waals surface area contributed by atoms with Crippen molar-refractivity contribution in [1.82, 2.24) is 0 Å². The van der Waals surface area contributed by atoms with E-state index in [4.69, 9.17) is 0 Å². The Hall–Kier alpha value is -8.25. The van der Waals surface area contributed by atoms with E-state index in [1.54, 1.807) is 24.3 Å². The van der Waals surface area contributed by atoms with Crippen molar-refractivity contribution < 1.29 is 8.42 Å². The van der Waals surface area contributed by atoms with Crippen molar-refractivity contribution in [2.45, 2.75) is 9.79 Å². The minimum absolute atomic E-state index is 0.302. The molecule has 4 nitrogen and oxygen atoms in total. The second kappa shape index (κ2) is 16.8. The molecule has 0 saturated carbocycles. The van der Waals surface area contributed by atoms with Gasteiger partial charge in [-0.2, -0.15) is 0 Å². The molecule has 0 fully saturated rings. The second-order valence-corrected chi connectivity index (χ2v) is 18.1. The van der Waals surface area contributed by atoms with Crippen molar-refractivity contribution in [2.24, 2.45) is 0 Å². The summed E-state index contributed by atoms with van der Waals surface area (Å²) in [6.07, 6.45) is 0. The van der Waals surface area contributed by atoms with Crippen molar-refractivity contribution in [1.29, 1.82) is 0 Å². The Morgan fingerprint density at radius 2 is 0.569 bits per heavy atom. The Balaban J connectivity index is 0.926. The first-order valence-electron chi connectivity index (χ1n) is 21.7. The topological polar surface area (TPSA) is 40.6 Å². The molecule has 10 aromatic carbocycles. The summed E-state index contributed by atoms with van der Waals surface area (Å²) in [4.78, 5) is 4.95. The van der Waals surface area contributed by atoms with Crippen LogP contribution in [0.5, 0.6) is 0 Å². The normalized spacial score (nSPS) is 12.5. The van der Waals surface area contributed by atoms with Crippen molar-refractivity contribution in [2.75, 3.05) is 9.80 Å². The average Bonchev–Trinajstić information content (AvgIpc) is 3.38. The van der Waals surface area contributed by atoms with Crippen molar-refractivity contribution in [3.05, 3.63) is 255 Å². The molecule has 10 aromatic rings. The van der Waals surface area contributed by atoms with Crippen LogP contribution in [0.1, 0.15) is 0 Å². The Labute approximate surface area is 380 Å². The summed E-state index contributed by atoms with van der Waals surface area (Å²) in [5, 5.41) is 0. The maximum Gasteiger partial charge on any atom is 0.210 e. The molecule has 1 heterocycles. The predicted octanol–water partition coefficient (Wildman–Crippen LogP) is 16.1. The maximum absolute atomic E-state index is 13.7. The largest absolute Gasteiger partial charge is 0.311 e. The van der Waals surface area contributed by atoms with Gasteiger partial charge in [0, 0.05) is 22.7 Å². The van der Waals surface area contributed by atoms with Crippen LogP contribution in [0.15, 0.2) is 265 Å². The highest BCUT2D eigenvalue weighted by Crippen LogP contribution is 2.48. The number of nitrogens with zero attached hydrogens (tertiary/aromatic N) is 2. The summed E-state index contributed by atoms with van der Waals surface area (Å²) in [5.74, 6) is 0. The van der Waals surface area contributed by atoms with Gasteiger partial charge in [0.25, 0.3) is 0 Å². The van der Waals surface area contributed by atoms with Crippen molar-refractivity contribution >= 4 is 44.0 Å². The van der Waals surface area contributed by atoms with Crippen molar-refractivity contribution in [3.8, 4) is 55.6 Å². The van der Waals surface area contributed by atoms with Crippen LogP contribution in [-0.2, 0) is 9.84 Å². The van der Waals surface area contributed by atoms with Crippen LogP contribution in [0.4, 0.5) is 34.1 Å². The summed E-state index contributed by atoms with van der Waals surface area (Å²) in [6.45, 7) is 0. The Morgan fingerprint density at radius 3 is 0.954 bits per heavy atom. The number of hydrogen-bond donors (Lipinski definition) is 0. The van der Waals surface area contributed by atoms with Gasteiger partial charge in [-0.15, -0.1) is 0 Å². The summed E-state index contributed by atoms with van der Waals surface area (Å²) < 4.78 is 27.4. The third-order valence-corrected chi connectivity index (χ3v) is 14.1. The van der Waals surface area contributed by atoms with Gasteiger partial charge in [0.1, 0.15) is 0 Å². The maximum atomic E-state index is 13.7. The van der Waals surface area contributed by atoms with Crippen LogP contribution in [0, 0.1) is 0 Å². The van der Waals surface area contributed by atoms with Crippen LogP contribution in [0.2, 0.25) is 0 Å². The highest BCUT2D eigenvalue weighted by Gasteiger charge is 2.34. The van der Waals surface area contributed by atoms with E-state index in [1.165, 1.54) is 22.3 Å². The van der Waals surface area contributed by atoms with E-state index in [-0.39, 0.29) is 0 Å². The quantitative estimate of drug-likeness (QED) is 0.145. The standard InChI is InChI=1S/C60H42N2O2S/c63-65(64)59-20-9-7-18-57(59)62(58-19-8-10-21-60(58)65)56-17-11-16-52(42-56)51-34-40-55(41-35-51)61(53-36-30-49(31-37-53)47-26-22-45(23-27-47)43-12-3-1-4-13-43)54-38-32-50(33-39-54)48-28-24-46(25-29-48)44-14-5-2-6-15-44/h1-42H. The predicted molar refractivity (Wildman–Crippen MR) is 268 cm³/mol. The number of fused-ring (bicyclic) bond motifs is 2. The zero-order valence-corrected chi connectivity index (χ0v) is 36.2. The van der Waals surface area contributed by atoms with E-state index in [0.29, 0.717) is 21.2 Å². The molecule has 65 heavy (non-hydrogen) atoms. The van der Waals surface area contributed by atoms with E-state index in [0.717, 1.165) is 56.1 Å². The summed E-state index contributed by atoms with van der Waals surface area (Å²) in [7, 11) is -3.67. The van der Waals surface area contributed by atoms with Crippen molar-refractivity contribution in [3.63, 3.8) is 0 Å². The molecule has 11 rings (SSSR count). The van der Waals surface area contributed by atoms with E-state index >= 15 is 0 Å². The average molecular weight is 855 g/mol. The monoisotopic (exact) mass is 854 g/mol. The number of hydrogen-bond acceptors (Lipinski definition) is 4. The molecule has 0 amide bonds. The molecular formula is C60H42N2O2S. The fraction of sp³-hybridized carbons (Fsp3) is 0. The first kappa shape index (κ1) is 39.6. The third kappa shape index (κ3) is 7.58. The minimum Gasteiger partial charge on any atom is -0.311 e. The highest BCUT2D eigenvalue weighted by atomic mass is 32.2. The Bertz CT molecular complexity index is 3210. The Kier molecular flexibility index (Phi) is 10.2. The molecule has 5 heteroatoms. The molecule has 0 radical (unpaired) electrons. The van der Waals surface area contributed by atoms with Gasteiger partial charge >= 0.3 is 0 Å². The molecule has 0 atom stereocenters. The van der Waals surface area contributed by atoms with E-state index < -0.39 is 9.84 Å². The molecule has 0 saturated heterocycles. The molecule has 1 aliphatic rings. The van der Waals surface area contributed by atoms with Gasteiger partial charge < -0.3 is 9.80 Å². The third-order valence-electron chi connectivity index (χ3n) is 12.3. The molecule has 310 valence electrons. The first-order valence-corrected chi connectivity index (χ1v) is 23.2. The summed E-state index contributed by atoms with van der Waals surface area (Å²) >= 11 is 0. The van der Waals surface area contributed by atoms with Crippen LogP contribution in [0.25, 0.3) is 55.6 Å². The lowest BCUT2D eigenvalue weighted by Gasteiger charge is -2.33. The van der Waals surface area contributed by atoms with Gasteiger partial charge in [0.05, 0.1) is 21.2 Å². The highest BCUT2D eigenvalue weighted by molar-refractivity contribution is 7.92. The SMILES string of the molecule is O=S1(=O)c2ccccc2N(c2cccc(-c3ccc(N(c4ccc(-c5ccc(-c6ccccc6)cc5)cc4)c4ccc(-c5ccc(-c6ccccc6)cc5)cc4)cc3)c2)c2ccccc21. The first-order chi connectivity index (χ1) is 32.0. The van der Waals surface area contributed by atoms with Gasteiger partial charge in [-0.3, -0.25) is 0 Å². The zero-order chi connectivity index (χ0) is 43.7. The Morgan fingerprint density at radius 1 is 0.277 bits per heavy atom. The lowest BCUT2D eigenvalue weighted by molar-refractivity contribution is 0.595. The number of para-hydroxylation sites is 2. The van der Waals surface area contributed by atoms with Gasteiger partial charge in [-0.1, -0.05) is 182 Å². The summed E-state index contributed by atoms with van der Waals surface area (Å²) in [6, 6.07) is 87.5. The van der Waals surface area contributed by atoms with Gasteiger partial charge in [0.15, 0.2) is 0 Å². The van der Waals surface area contributed by atoms with E-state index in [2.05, 4.69) is 187 Å². The lowest BCUT2D eigenvalue weighted by Crippen LogP contribution is -2.22. The lowest BCUT2D eigenvalue weighted by atomic mass is 9.99. The molecule has 0 unspecified atom stereocenters. The molecule has 0 bridgehead atoms. The number of rotatable bonds is 9. The second-order valence-electron chi connectivity index (χ2n) is 16.2. The van der Waals surface area contributed by atoms with Gasteiger partial charge in [-0.05, 0) is 128 Å². The van der Waals surface area contributed by atoms with Crippen LogP contribution in [-0.4, -0.2) is 8.42 Å². The molecule has 0 aliphatic carbocycles. The van der Waals surface area contributed by atoms with E-state index in [9.17, 15) is 8.42 Å². The number of sulfone groups is 1. The zero-order valence-electron chi connectivity index (χ0n) is 35.4. The molecular weight excluding hydrogens is 813 g/mol. The molecule has 0 aromatic heterocycles. The molecule has 0 spiro atoms. The number of anilines is 6. The van der Waals surface area contributed by atoms with Crippen LogP contribution in [0.3, 0.4) is 0 Å². The fourth-order valence-corrected chi connectivity index (χ4v) is 10.5. The fourth-order valence-electron chi connectivity index (χ4n) is 8.92. The molecule has 1 aliphatic heterocycles. The van der Waals surface area contributed by atoms with Crippen LogP contribution < -0.4 is 9.80 Å². The van der Waals surface area contributed by atoms with Gasteiger partial charge in [0.2, 0.25) is 9.84 Å². The minimum atomic E-state index is -3.67. The van der Waals surface area contributed by atoms with Crippen LogP contribution >= 0.6 is 0 Å². The smallest absolute Gasteiger partial charge is 0.210 e. The summed E-state index contributed by atoms with van der Waals surface area (Å²) in [5.41, 5.74) is 16.8. The number of benzene rings is 10. The molecule has 0 N–H and O–H groups in total. The van der Waals surface area contributed by atoms with E-state index in [1.807, 2.05) is 53.4 Å².